The molecule has 10 nitrogen and oxygen atoms in total. The zero-order valence-corrected chi connectivity index (χ0v) is 20.8. The first-order valence-corrected chi connectivity index (χ1v) is 13.0. The SMILES string of the molecule is Nc1ncccc1-c1nc2ccc(-n3cccn3)nc2n1-c1ccc2c(c1)CC[C@@H]2NC1CCNC[C@H]1O. The van der Waals surface area contributed by atoms with Gasteiger partial charge in [0.25, 0.3) is 0 Å². The van der Waals surface area contributed by atoms with Gasteiger partial charge in [0.05, 0.1) is 11.7 Å². The number of nitrogen functional groups attached to an aromatic ring is 1. The lowest BCUT2D eigenvalue weighted by atomic mass is 10.0. The van der Waals surface area contributed by atoms with Gasteiger partial charge in [-0.05, 0) is 79.4 Å². The molecule has 1 aliphatic heterocycles. The average Bonchev–Trinajstić information content (AvgIpc) is 3.69. The van der Waals surface area contributed by atoms with Gasteiger partial charge in [0.15, 0.2) is 17.3 Å². The molecule has 1 aromatic carbocycles. The summed E-state index contributed by atoms with van der Waals surface area (Å²) in [5.74, 6) is 1.82. The minimum absolute atomic E-state index is 0.106. The highest BCUT2D eigenvalue weighted by Gasteiger charge is 2.30. The van der Waals surface area contributed by atoms with Crippen LogP contribution in [0.4, 0.5) is 5.82 Å². The summed E-state index contributed by atoms with van der Waals surface area (Å²) >= 11 is 0. The zero-order chi connectivity index (χ0) is 25.6. The van der Waals surface area contributed by atoms with E-state index in [1.165, 1.54) is 11.1 Å². The van der Waals surface area contributed by atoms with Crippen molar-refractivity contribution < 1.29 is 5.11 Å². The minimum Gasteiger partial charge on any atom is -0.390 e. The number of aromatic nitrogens is 6. The van der Waals surface area contributed by atoms with Gasteiger partial charge in [-0.1, -0.05) is 6.07 Å². The number of aliphatic hydroxyl groups excluding tert-OH is 1. The maximum atomic E-state index is 10.4. The molecule has 5 heterocycles. The molecule has 0 bridgehead atoms. The lowest BCUT2D eigenvalue weighted by Crippen LogP contribution is -2.51. The fourth-order valence-corrected chi connectivity index (χ4v) is 5.72. The van der Waals surface area contributed by atoms with Crippen LogP contribution in [-0.2, 0) is 6.42 Å². The molecule has 1 fully saturated rings. The van der Waals surface area contributed by atoms with Crippen LogP contribution in [0.1, 0.15) is 30.0 Å². The molecule has 3 atom stereocenters. The maximum Gasteiger partial charge on any atom is 0.167 e. The first kappa shape index (κ1) is 23.0. The Bertz CT molecular complexity index is 1610. The molecule has 7 rings (SSSR count). The van der Waals surface area contributed by atoms with E-state index in [9.17, 15) is 5.11 Å². The van der Waals surface area contributed by atoms with Crippen LogP contribution in [0, 0.1) is 0 Å². The van der Waals surface area contributed by atoms with Gasteiger partial charge in [-0.25, -0.2) is 19.6 Å². The van der Waals surface area contributed by atoms with Crippen molar-refractivity contribution in [3.05, 3.63) is 78.2 Å². The Balaban J connectivity index is 1.33. The van der Waals surface area contributed by atoms with Crippen molar-refractivity contribution in [2.24, 2.45) is 0 Å². The van der Waals surface area contributed by atoms with E-state index in [0.717, 1.165) is 48.2 Å². The molecule has 4 aromatic heterocycles. The second-order valence-electron chi connectivity index (χ2n) is 9.98. The van der Waals surface area contributed by atoms with E-state index in [1.807, 2.05) is 36.5 Å². The molecule has 1 aliphatic carbocycles. The molecule has 0 saturated carbocycles. The molecule has 192 valence electrons. The average molecular weight is 508 g/mol. The highest BCUT2D eigenvalue weighted by atomic mass is 16.3. The summed E-state index contributed by atoms with van der Waals surface area (Å²) < 4.78 is 3.80. The molecule has 0 amide bonds. The van der Waals surface area contributed by atoms with Crippen LogP contribution in [-0.4, -0.2) is 59.6 Å². The van der Waals surface area contributed by atoms with Crippen LogP contribution in [0.15, 0.2) is 67.1 Å². The number of fused-ring (bicyclic) bond motifs is 2. The highest BCUT2D eigenvalue weighted by Crippen LogP contribution is 2.36. The quantitative estimate of drug-likeness (QED) is 0.285. The van der Waals surface area contributed by atoms with Gasteiger partial charge in [0, 0.05) is 42.9 Å². The summed E-state index contributed by atoms with van der Waals surface area (Å²) in [6.07, 6.45) is 7.81. The first-order valence-electron chi connectivity index (χ1n) is 13.0. The number of aryl methyl sites for hydroxylation is 1. The topological polar surface area (TPSA) is 132 Å². The van der Waals surface area contributed by atoms with Crippen molar-refractivity contribution in [2.45, 2.75) is 37.5 Å². The highest BCUT2D eigenvalue weighted by molar-refractivity contribution is 5.83. The zero-order valence-electron chi connectivity index (χ0n) is 20.8. The first-order chi connectivity index (χ1) is 18.7. The predicted octanol–water partition coefficient (Wildman–Crippen LogP) is 2.55. The number of rotatable bonds is 5. The molecule has 0 spiro atoms. The Kier molecular flexibility index (Phi) is 5.65. The summed E-state index contributed by atoms with van der Waals surface area (Å²) in [6.45, 7) is 1.56. The van der Waals surface area contributed by atoms with Crippen molar-refractivity contribution in [2.75, 3.05) is 18.8 Å². The Morgan fingerprint density at radius 1 is 1.05 bits per heavy atom. The van der Waals surface area contributed by atoms with E-state index in [0.29, 0.717) is 24.0 Å². The molecule has 5 aromatic rings. The van der Waals surface area contributed by atoms with Gasteiger partial charge >= 0.3 is 0 Å². The number of nitrogens with zero attached hydrogens (tertiary/aromatic N) is 6. The smallest absolute Gasteiger partial charge is 0.167 e. The van der Waals surface area contributed by atoms with Crippen LogP contribution >= 0.6 is 0 Å². The number of hydrogen-bond donors (Lipinski definition) is 4. The number of anilines is 1. The van der Waals surface area contributed by atoms with E-state index in [1.54, 1.807) is 17.1 Å². The van der Waals surface area contributed by atoms with Gasteiger partial charge in [-0.15, -0.1) is 0 Å². The molecule has 1 saturated heterocycles. The Hall–Kier alpha value is -4.12. The van der Waals surface area contributed by atoms with E-state index >= 15 is 0 Å². The lowest BCUT2D eigenvalue weighted by molar-refractivity contribution is 0.0963. The number of pyridine rings is 2. The molecule has 2 aliphatic rings. The Morgan fingerprint density at radius 3 is 2.84 bits per heavy atom. The number of piperidine rings is 1. The monoisotopic (exact) mass is 507 g/mol. The molecule has 38 heavy (non-hydrogen) atoms. The largest absolute Gasteiger partial charge is 0.390 e. The van der Waals surface area contributed by atoms with Crippen molar-refractivity contribution in [1.29, 1.82) is 0 Å². The van der Waals surface area contributed by atoms with Crippen LogP contribution in [0.2, 0.25) is 0 Å². The van der Waals surface area contributed by atoms with Crippen molar-refractivity contribution in [3.8, 4) is 22.9 Å². The number of β-amino-alcohol motifs (C(OH)–C–C–N with tert-alkyl or cyclic N) is 1. The standard InChI is InChI=1S/C28H29N9O/c29-26-20(3-1-11-31-26)27-34-23-8-9-25(36-14-2-12-32-36)35-28(23)37(27)18-5-6-19-17(15-18)4-7-21(19)33-22-10-13-30-16-24(22)38/h1-3,5-6,8-9,11-12,14-15,21-22,24,30,33,38H,4,7,10,13,16H2,(H2,29,31)/t21-,22?,24+/m0/s1. The van der Waals surface area contributed by atoms with Crippen molar-refractivity contribution in [3.63, 3.8) is 0 Å². The van der Waals surface area contributed by atoms with Gasteiger partial charge in [0.2, 0.25) is 0 Å². The fraction of sp³-hybridized carbons (Fsp3) is 0.286. The normalized spacial score (nSPS) is 21.1. The van der Waals surface area contributed by atoms with Crippen LogP contribution in [0.25, 0.3) is 34.1 Å². The van der Waals surface area contributed by atoms with E-state index < -0.39 is 0 Å². The van der Waals surface area contributed by atoms with Crippen LogP contribution in [0.5, 0.6) is 0 Å². The summed E-state index contributed by atoms with van der Waals surface area (Å²) in [6, 6.07) is 16.4. The third-order valence-corrected chi connectivity index (χ3v) is 7.64. The number of imidazole rings is 1. The van der Waals surface area contributed by atoms with Crippen LogP contribution < -0.4 is 16.4 Å². The number of hydrogen-bond acceptors (Lipinski definition) is 8. The lowest BCUT2D eigenvalue weighted by Gasteiger charge is -2.32. The van der Waals surface area contributed by atoms with Gasteiger partial charge in [0.1, 0.15) is 11.3 Å². The fourth-order valence-electron chi connectivity index (χ4n) is 5.72. The second-order valence-corrected chi connectivity index (χ2v) is 9.98. The van der Waals surface area contributed by atoms with Crippen molar-refractivity contribution >= 4 is 17.0 Å². The van der Waals surface area contributed by atoms with Gasteiger partial charge in [-0.3, -0.25) is 4.57 Å². The molecule has 5 N–H and O–H groups in total. The molecular formula is C28H29N9O. The summed E-state index contributed by atoms with van der Waals surface area (Å²) in [4.78, 5) is 14.2. The number of aliphatic hydroxyl groups is 1. The number of nitrogens with two attached hydrogens (primary N) is 1. The second kappa shape index (κ2) is 9.32. The Morgan fingerprint density at radius 2 is 2.00 bits per heavy atom. The van der Waals surface area contributed by atoms with E-state index in [2.05, 4.69) is 43.5 Å². The third kappa shape index (κ3) is 3.94. The number of benzene rings is 1. The third-order valence-electron chi connectivity index (χ3n) is 7.64. The maximum absolute atomic E-state index is 10.4. The number of nitrogens with one attached hydrogen (secondary N) is 2. The van der Waals surface area contributed by atoms with Crippen molar-refractivity contribution in [1.82, 2.24) is 39.9 Å². The predicted molar refractivity (Wildman–Crippen MR) is 145 cm³/mol. The van der Waals surface area contributed by atoms with Gasteiger partial charge < -0.3 is 21.5 Å². The summed E-state index contributed by atoms with van der Waals surface area (Å²) in [5.41, 5.74) is 12.1. The molecule has 10 heteroatoms. The van der Waals surface area contributed by atoms with E-state index in [4.69, 9.17) is 15.7 Å². The molecule has 0 radical (unpaired) electrons. The minimum atomic E-state index is -0.369. The van der Waals surface area contributed by atoms with E-state index in [-0.39, 0.29) is 18.2 Å². The Labute approximate surface area is 219 Å². The van der Waals surface area contributed by atoms with Gasteiger partial charge in [-0.2, -0.15) is 5.10 Å². The van der Waals surface area contributed by atoms with Crippen LogP contribution in [0.3, 0.4) is 0 Å². The molecular weight excluding hydrogens is 478 g/mol. The summed E-state index contributed by atoms with van der Waals surface area (Å²) in [5, 5.41) is 21.8. The summed E-state index contributed by atoms with van der Waals surface area (Å²) in [7, 11) is 0. The molecule has 1 unspecified atom stereocenters.